The number of hydrogen-bond donors (Lipinski definition) is 0. The SMILES string of the molecule is CCOC(=O)C=Cc1cnc(N(C(=O)OC(C)(C)C)[C@@H]2CCN(Cc3ccccc3)C2)cn1. The molecular weight excluding hydrogens is 420 g/mol. The first-order valence-corrected chi connectivity index (χ1v) is 11.2. The maximum atomic E-state index is 13.1. The van der Waals surface area contributed by atoms with E-state index in [1.165, 1.54) is 30.1 Å². The van der Waals surface area contributed by atoms with Crippen molar-refractivity contribution in [1.29, 1.82) is 0 Å². The molecule has 1 atom stereocenters. The van der Waals surface area contributed by atoms with E-state index in [4.69, 9.17) is 9.47 Å². The van der Waals surface area contributed by atoms with Crippen molar-refractivity contribution >= 4 is 24.0 Å². The van der Waals surface area contributed by atoms with E-state index in [1.807, 2.05) is 39.0 Å². The number of ether oxygens (including phenoxy) is 2. The zero-order chi connectivity index (χ0) is 23.8. The largest absolute Gasteiger partial charge is 0.463 e. The van der Waals surface area contributed by atoms with Crippen LogP contribution in [0.15, 0.2) is 48.8 Å². The summed E-state index contributed by atoms with van der Waals surface area (Å²) in [4.78, 5) is 37.4. The van der Waals surface area contributed by atoms with Crippen LogP contribution in [0, 0.1) is 0 Å². The van der Waals surface area contributed by atoms with Gasteiger partial charge in [0.1, 0.15) is 5.60 Å². The first-order chi connectivity index (χ1) is 15.7. The number of nitrogens with zero attached hydrogens (tertiary/aromatic N) is 4. The van der Waals surface area contributed by atoms with Gasteiger partial charge in [-0.1, -0.05) is 30.3 Å². The molecule has 0 unspecified atom stereocenters. The van der Waals surface area contributed by atoms with Crippen molar-refractivity contribution in [3.8, 4) is 0 Å². The Morgan fingerprint density at radius 3 is 2.58 bits per heavy atom. The van der Waals surface area contributed by atoms with E-state index in [2.05, 4.69) is 27.0 Å². The Morgan fingerprint density at radius 1 is 1.18 bits per heavy atom. The Hall–Kier alpha value is -3.26. The molecule has 3 rings (SSSR count). The summed E-state index contributed by atoms with van der Waals surface area (Å²) < 4.78 is 10.6. The van der Waals surface area contributed by atoms with Gasteiger partial charge < -0.3 is 9.47 Å². The van der Waals surface area contributed by atoms with E-state index < -0.39 is 17.7 Å². The molecule has 0 aliphatic carbocycles. The van der Waals surface area contributed by atoms with Gasteiger partial charge in [-0.15, -0.1) is 0 Å². The number of carbonyl (C=O) groups is 2. The molecule has 0 spiro atoms. The fourth-order valence-electron chi connectivity index (χ4n) is 3.63. The van der Waals surface area contributed by atoms with Crippen molar-refractivity contribution in [2.75, 3.05) is 24.6 Å². The predicted molar refractivity (Wildman–Crippen MR) is 127 cm³/mol. The molecule has 8 nitrogen and oxygen atoms in total. The number of rotatable bonds is 7. The number of benzene rings is 1. The van der Waals surface area contributed by atoms with Crippen LogP contribution in [0.3, 0.4) is 0 Å². The molecule has 1 amide bonds. The monoisotopic (exact) mass is 452 g/mol. The number of esters is 1. The third-order valence-corrected chi connectivity index (χ3v) is 5.03. The van der Waals surface area contributed by atoms with Crippen LogP contribution >= 0.6 is 0 Å². The molecule has 2 aromatic rings. The summed E-state index contributed by atoms with van der Waals surface area (Å²) in [7, 11) is 0. The second kappa shape index (κ2) is 11.0. The molecule has 0 N–H and O–H groups in total. The van der Waals surface area contributed by atoms with Gasteiger partial charge in [0, 0.05) is 25.7 Å². The Morgan fingerprint density at radius 2 is 1.94 bits per heavy atom. The van der Waals surface area contributed by atoms with E-state index in [0.717, 1.165) is 19.5 Å². The normalized spacial score (nSPS) is 16.7. The summed E-state index contributed by atoms with van der Waals surface area (Å²) in [6.45, 7) is 9.98. The summed E-state index contributed by atoms with van der Waals surface area (Å²) in [6, 6.07) is 10.2. The van der Waals surface area contributed by atoms with Gasteiger partial charge in [0.15, 0.2) is 5.82 Å². The quantitative estimate of drug-likeness (QED) is 0.462. The Bertz CT molecular complexity index is 955. The highest BCUT2D eigenvalue weighted by molar-refractivity contribution is 5.88. The highest BCUT2D eigenvalue weighted by Crippen LogP contribution is 2.25. The predicted octanol–water partition coefficient (Wildman–Crippen LogP) is 4.07. The number of aromatic nitrogens is 2. The van der Waals surface area contributed by atoms with Crippen LogP contribution in [-0.2, 0) is 20.8 Å². The van der Waals surface area contributed by atoms with Crippen molar-refractivity contribution in [3.05, 3.63) is 60.1 Å². The lowest BCUT2D eigenvalue weighted by Crippen LogP contribution is -2.45. The first kappa shape index (κ1) is 24.4. The molecule has 0 bridgehead atoms. The molecule has 1 aliphatic heterocycles. The van der Waals surface area contributed by atoms with Crippen LogP contribution < -0.4 is 4.90 Å². The Kier molecular flexibility index (Phi) is 8.16. The van der Waals surface area contributed by atoms with Crippen molar-refractivity contribution in [2.45, 2.75) is 52.3 Å². The Balaban J connectivity index is 1.76. The summed E-state index contributed by atoms with van der Waals surface area (Å²) >= 11 is 0. The number of likely N-dealkylation sites (tertiary alicyclic amines) is 1. The average Bonchev–Trinajstić information content (AvgIpc) is 3.21. The minimum Gasteiger partial charge on any atom is -0.463 e. The van der Waals surface area contributed by atoms with Gasteiger partial charge in [-0.3, -0.25) is 14.8 Å². The van der Waals surface area contributed by atoms with Crippen LogP contribution in [0.4, 0.5) is 10.6 Å². The van der Waals surface area contributed by atoms with Crippen LogP contribution in [0.1, 0.15) is 45.4 Å². The molecule has 1 fully saturated rings. The Labute approximate surface area is 195 Å². The number of hydrogen-bond acceptors (Lipinski definition) is 7. The zero-order valence-corrected chi connectivity index (χ0v) is 19.7. The zero-order valence-electron chi connectivity index (χ0n) is 19.7. The third-order valence-electron chi connectivity index (χ3n) is 5.03. The summed E-state index contributed by atoms with van der Waals surface area (Å²) in [6.07, 6.45) is 6.26. The van der Waals surface area contributed by atoms with Crippen LogP contribution in [0.2, 0.25) is 0 Å². The molecular formula is C25H32N4O4. The molecule has 33 heavy (non-hydrogen) atoms. The van der Waals surface area contributed by atoms with Gasteiger partial charge in [0.2, 0.25) is 0 Å². The van der Waals surface area contributed by atoms with Crippen molar-refractivity contribution < 1.29 is 19.1 Å². The summed E-state index contributed by atoms with van der Waals surface area (Å²) in [5, 5.41) is 0. The van der Waals surface area contributed by atoms with Gasteiger partial charge in [0.05, 0.1) is 30.7 Å². The number of anilines is 1. The molecule has 0 radical (unpaired) electrons. The van der Waals surface area contributed by atoms with E-state index in [9.17, 15) is 9.59 Å². The molecule has 2 heterocycles. The molecule has 1 aromatic heterocycles. The third kappa shape index (κ3) is 7.39. The minimum absolute atomic E-state index is 0.0845. The standard InChI is InChI=1S/C25H32N4O4/c1-5-32-23(30)12-11-20-15-27-22(16-26-20)29(24(31)33-25(2,3)4)21-13-14-28(18-21)17-19-9-7-6-8-10-19/h6-12,15-16,21H,5,13-14,17-18H2,1-4H3/t21-/m1/s1. The number of carbonyl (C=O) groups excluding carboxylic acids is 2. The van der Waals surface area contributed by atoms with Crippen molar-refractivity contribution in [2.24, 2.45) is 0 Å². The summed E-state index contributed by atoms with van der Waals surface area (Å²) in [5.41, 5.74) is 1.10. The molecule has 1 aromatic carbocycles. The van der Waals surface area contributed by atoms with Gasteiger partial charge in [-0.05, 0) is 45.8 Å². The topological polar surface area (TPSA) is 84.9 Å². The second-order valence-corrected chi connectivity index (χ2v) is 8.90. The van der Waals surface area contributed by atoms with Gasteiger partial charge in [-0.2, -0.15) is 0 Å². The minimum atomic E-state index is -0.632. The first-order valence-electron chi connectivity index (χ1n) is 11.2. The van der Waals surface area contributed by atoms with Gasteiger partial charge in [0.25, 0.3) is 0 Å². The lowest BCUT2D eigenvalue weighted by Gasteiger charge is -2.30. The van der Waals surface area contributed by atoms with E-state index in [0.29, 0.717) is 24.7 Å². The van der Waals surface area contributed by atoms with Crippen LogP contribution in [-0.4, -0.2) is 58.3 Å². The summed E-state index contributed by atoms with van der Waals surface area (Å²) in [5.74, 6) is -0.0210. The van der Waals surface area contributed by atoms with Gasteiger partial charge >= 0.3 is 12.1 Å². The highest BCUT2D eigenvalue weighted by Gasteiger charge is 2.35. The number of amides is 1. The van der Waals surface area contributed by atoms with Gasteiger partial charge in [-0.25, -0.2) is 14.6 Å². The average molecular weight is 453 g/mol. The van der Waals surface area contributed by atoms with Crippen LogP contribution in [0.25, 0.3) is 6.08 Å². The highest BCUT2D eigenvalue weighted by atomic mass is 16.6. The fourth-order valence-corrected chi connectivity index (χ4v) is 3.63. The molecule has 176 valence electrons. The maximum Gasteiger partial charge on any atom is 0.416 e. The fraction of sp³-hybridized carbons (Fsp3) is 0.440. The molecule has 1 aliphatic rings. The van der Waals surface area contributed by atoms with E-state index in [1.54, 1.807) is 11.8 Å². The van der Waals surface area contributed by atoms with Crippen LogP contribution in [0.5, 0.6) is 0 Å². The van der Waals surface area contributed by atoms with Crippen molar-refractivity contribution in [3.63, 3.8) is 0 Å². The smallest absolute Gasteiger partial charge is 0.416 e. The van der Waals surface area contributed by atoms with E-state index in [-0.39, 0.29) is 6.04 Å². The van der Waals surface area contributed by atoms with Crippen molar-refractivity contribution in [1.82, 2.24) is 14.9 Å². The molecule has 8 heteroatoms. The molecule has 1 saturated heterocycles. The maximum absolute atomic E-state index is 13.1. The second-order valence-electron chi connectivity index (χ2n) is 8.90. The lowest BCUT2D eigenvalue weighted by molar-refractivity contribution is -0.137. The molecule has 0 saturated carbocycles. The van der Waals surface area contributed by atoms with E-state index >= 15 is 0 Å². The lowest BCUT2D eigenvalue weighted by atomic mass is 10.2.